The molecule has 25 heavy (non-hydrogen) atoms. The van der Waals surface area contributed by atoms with E-state index in [9.17, 15) is 9.59 Å². The van der Waals surface area contributed by atoms with Crippen molar-refractivity contribution in [2.75, 3.05) is 17.2 Å². The Morgan fingerprint density at radius 3 is 2.12 bits per heavy atom. The van der Waals surface area contributed by atoms with Crippen molar-refractivity contribution in [3.8, 4) is 5.75 Å². The maximum atomic E-state index is 12.3. The molecule has 0 atom stereocenters. The smallest absolute Gasteiger partial charge is 0.255 e. The van der Waals surface area contributed by atoms with Crippen LogP contribution in [0.25, 0.3) is 0 Å². The van der Waals surface area contributed by atoms with Crippen LogP contribution in [-0.4, -0.2) is 18.4 Å². The summed E-state index contributed by atoms with van der Waals surface area (Å²) in [5.41, 5.74) is 1.96. The zero-order valence-corrected chi connectivity index (χ0v) is 14.2. The van der Waals surface area contributed by atoms with E-state index < -0.39 is 0 Å². The maximum absolute atomic E-state index is 12.3. The normalized spacial score (nSPS) is 13.6. The molecule has 0 aromatic heterocycles. The first-order valence-corrected chi connectivity index (χ1v) is 8.61. The summed E-state index contributed by atoms with van der Waals surface area (Å²) in [5, 5.41) is 5.74. The van der Waals surface area contributed by atoms with Gasteiger partial charge in [-0.05, 0) is 68.3 Å². The molecule has 1 fully saturated rings. The van der Waals surface area contributed by atoms with Crippen molar-refractivity contribution < 1.29 is 14.3 Å². The van der Waals surface area contributed by atoms with Gasteiger partial charge in [0, 0.05) is 22.9 Å². The van der Waals surface area contributed by atoms with E-state index >= 15 is 0 Å². The van der Waals surface area contributed by atoms with Crippen LogP contribution in [0.4, 0.5) is 11.4 Å². The Balaban J connectivity index is 1.57. The zero-order valence-electron chi connectivity index (χ0n) is 14.2. The van der Waals surface area contributed by atoms with Gasteiger partial charge in [-0.2, -0.15) is 0 Å². The van der Waals surface area contributed by atoms with Gasteiger partial charge in [0.05, 0.1) is 6.61 Å². The number of ether oxygens (including phenoxy) is 1. The number of carbonyl (C=O) groups is 2. The van der Waals surface area contributed by atoms with E-state index in [2.05, 4.69) is 10.6 Å². The third-order valence-corrected chi connectivity index (χ3v) is 4.31. The fourth-order valence-corrected chi connectivity index (χ4v) is 2.62. The van der Waals surface area contributed by atoms with Gasteiger partial charge >= 0.3 is 0 Å². The maximum Gasteiger partial charge on any atom is 0.255 e. The lowest BCUT2D eigenvalue weighted by Crippen LogP contribution is -2.28. The molecule has 2 N–H and O–H groups in total. The third kappa shape index (κ3) is 4.38. The van der Waals surface area contributed by atoms with E-state index in [1.807, 2.05) is 19.1 Å². The van der Waals surface area contributed by atoms with E-state index in [1.165, 1.54) is 0 Å². The van der Waals surface area contributed by atoms with Gasteiger partial charge in [0.2, 0.25) is 5.91 Å². The topological polar surface area (TPSA) is 67.4 Å². The monoisotopic (exact) mass is 338 g/mol. The molecule has 1 aliphatic carbocycles. The van der Waals surface area contributed by atoms with Crippen LogP contribution < -0.4 is 15.4 Å². The molecular formula is C20H22N2O3. The van der Waals surface area contributed by atoms with Crippen molar-refractivity contribution in [1.82, 2.24) is 0 Å². The molecule has 2 aromatic carbocycles. The van der Waals surface area contributed by atoms with Crippen molar-refractivity contribution in [2.45, 2.75) is 26.2 Å². The van der Waals surface area contributed by atoms with Gasteiger partial charge < -0.3 is 15.4 Å². The Kier molecular flexibility index (Phi) is 5.33. The van der Waals surface area contributed by atoms with Gasteiger partial charge in [-0.15, -0.1) is 0 Å². The molecule has 1 saturated carbocycles. The predicted octanol–water partition coefficient (Wildman–Crippen LogP) is 4.08. The van der Waals surface area contributed by atoms with Crippen molar-refractivity contribution in [3.63, 3.8) is 0 Å². The van der Waals surface area contributed by atoms with Gasteiger partial charge in [0.25, 0.3) is 5.91 Å². The summed E-state index contributed by atoms with van der Waals surface area (Å²) in [6.07, 6.45) is 3.06. The highest BCUT2D eigenvalue weighted by Gasteiger charge is 2.25. The Hall–Kier alpha value is -2.82. The first-order valence-electron chi connectivity index (χ1n) is 8.61. The first-order chi connectivity index (χ1) is 12.2. The third-order valence-electron chi connectivity index (χ3n) is 4.31. The second-order valence-corrected chi connectivity index (χ2v) is 6.11. The van der Waals surface area contributed by atoms with E-state index in [4.69, 9.17) is 4.74 Å². The van der Waals surface area contributed by atoms with Crippen molar-refractivity contribution in [3.05, 3.63) is 54.1 Å². The van der Waals surface area contributed by atoms with E-state index in [0.29, 0.717) is 17.9 Å². The fourth-order valence-electron chi connectivity index (χ4n) is 2.62. The number of amides is 2. The first kappa shape index (κ1) is 17.0. The summed E-state index contributed by atoms with van der Waals surface area (Å²) in [5.74, 6) is 0.786. The Labute approximate surface area is 147 Å². The number of nitrogens with one attached hydrogen (secondary N) is 2. The van der Waals surface area contributed by atoms with Crippen LogP contribution in [0.1, 0.15) is 36.5 Å². The van der Waals surface area contributed by atoms with Gasteiger partial charge in [-0.3, -0.25) is 9.59 Å². The molecular weight excluding hydrogens is 316 g/mol. The lowest BCUT2D eigenvalue weighted by atomic mass is 9.85. The van der Waals surface area contributed by atoms with Crippen LogP contribution in [0.2, 0.25) is 0 Å². The molecule has 130 valence electrons. The summed E-state index contributed by atoms with van der Waals surface area (Å²) >= 11 is 0. The lowest BCUT2D eigenvalue weighted by Gasteiger charge is -2.24. The number of hydrogen-bond acceptors (Lipinski definition) is 3. The van der Waals surface area contributed by atoms with E-state index in [0.717, 1.165) is 30.7 Å². The molecule has 2 amide bonds. The van der Waals surface area contributed by atoms with Crippen LogP contribution in [0.15, 0.2) is 48.5 Å². The average Bonchev–Trinajstić information content (AvgIpc) is 2.56. The van der Waals surface area contributed by atoms with Gasteiger partial charge in [0.1, 0.15) is 5.75 Å². The Morgan fingerprint density at radius 2 is 1.56 bits per heavy atom. The van der Waals surface area contributed by atoms with Crippen LogP contribution in [0.5, 0.6) is 5.75 Å². The number of hydrogen-bond donors (Lipinski definition) is 2. The number of carbonyl (C=O) groups excluding carboxylic acids is 2. The highest BCUT2D eigenvalue weighted by molar-refractivity contribution is 6.04. The van der Waals surface area contributed by atoms with Crippen molar-refractivity contribution in [1.29, 1.82) is 0 Å². The molecule has 0 saturated heterocycles. The number of anilines is 2. The minimum atomic E-state index is -0.193. The average molecular weight is 338 g/mol. The quantitative estimate of drug-likeness (QED) is 0.834. The molecule has 0 radical (unpaired) electrons. The molecule has 0 unspecified atom stereocenters. The Morgan fingerprint density at radius 1 is 0.960 bits per heavy atom. The van der Waals surface area contributed by atoms with Crippen LogP contribution in [-0.2, 0) is 4.79 Å². The standard InChI is InChI=1S/C20H22N2O3/c1-2-25-18-12-10-17(11-13-18)22-20(24)15-6-8-16(9-7-15)21-19(23)14-4-3-5-14/h6-14H,2-5H2,1H3,(H,21,23)(H,22,24). The van der Waals surface area contributed by atoms with Crippen LogP contribution in [0.3, 0.4) is 0 Å². The largest absolute Gasteiger partial charge is 0.494 e. The molecule has 5 heteroatoms. The summed E-state index contributed by atoms with van der Waals surface area (Å²) in [6.45, 7) is 2.53. The second kappa shape index (κ2) is 7.83. The molecule has 0 bridgehead atoms. The molecule has 2 aromatic rings. The van der Waals surface area contributed by atoms with Gasteiger partial charge in [0.15, 0.2) is 0 Å². The van der Waals surface area contributed by atoms with Gasteiger partial charge in [-0.1, -0.05) is 6.42 Å². The van der Waals surface area contributed by atoms with Crippen LogP contribution in [0, 0.1) is 5.92 Å². The highest BCUT2D eigenvalue weighted by atomic mass is 16.5. The highest BCUT2D eigenvalue weighted by Crippen LogP contribution is 2.27. The summed E-state index contributed by atoms with van der Waals surface area (Å²) < 4.78 is 5.38. The number of benzene rings is 2. The van der Waals surface area contributed by atoms with E-state index in [1.54, 1.807) is 36.4 Å². The SMILES string of the molecule is CCOc1ccc(NC(=O)c2ccc(NC(=O)C3CCC3)cc2)cc1. The minimum Gasteiger partial charge on any atom is -0.494 e. The van der Waals surface area contributed by atoms with E-state index in [-0.39, 0.29) is 17.7 Å². The molecule has 3 rings (SSSR count). The Bertz CT molecular complexity index is 735. The number of rotatable bonds is 6. The second-order valence-electron chi connectivity index (χ2n) is 6.11. The summed E-state index contributed by atoms with van der Waals surface area (Å²) in [7, 11) is 0. The van der Waals surface area contributed by atoms with Crippen molar-refractivity contribution in [2.24, 2.45) is 5.92 Å². The molecule has 0 heterocycles. The molecule has 1 aliphatic rings. The fraction of sp³-hybridized carbons (Fsp3) is 0.300. The predicted molar refractivity (Wildman–Crippen MR) is 98.0 cm³/mol. The lowest BCUT2D eigenvalue weighted by molar-refractivity contribution is -0.122. The zero-order chi connectivity index (χ0) is 17.6. The minimum absolute atomic E-state index is 0.0674. The van der Waals surface area contributed by atoms with Crippen LogP contribution >= 0.6 is 0 Å². The molecule has 0 aliphatic heterocycles. The molecule has 0 spiro atoms. The molecule has 5 nitrogen and oxygen atoms in total. The van der Waals surface area contributed by atoms with Gasteiger partial charge in [-0.25, -0.2) is 0 Å². The van der Waals surface area contributed by atoms with Crippen molar-refractivity contribution >= 4 is 23.2 Å². The summed E-state index contributed by atoms with van der Waals surface area (Å²) in [4.78, 5) is 24.2. The summed E-state index contributed by atoms with van der Waals surface area (Å²) in [6, 6.07) is 14.2.